The molecule has 3 N–H and O–H groups in total. The van der Waals surface area contributed by atoms with Crippen LogP contribution in [-0.2, 0) is 6.54 Å². The molecule has 2 rings (SSSR count). The fourth-order valence-corrected chi connectivity index (χ4v) is 1.27. The monoisotopic (exact) mass is 183 g/mol. The molecule has 0 saturated heterocycles. The minimum Gasteiger partial charge on any atom is -0.507 e. The molecule has 1 aliphatic rings. The Kier molecular flexibility index (Phi) is 1.96. The van der Waals surface area contributed by atoms with Gasteiger partial charge in [0.15, 0.2) is 11.5 Å². The summed E-state index contributed by atoms with van der Waals surface area (Å²) in [6, 6.07) is 3.12. The van der Waals surface area contributed by atoms with Crippen LogP contribution in [0, 0.1) is 0 Å². The molecule has 0 aliphatic carbocycles. The van der Waals surface area contributed by atoms with E-state index in [-0.39, 0.29) is 19.1 Å². The first-order chi connectivity index (χ1) is 6.33. The molecule has 1 heterocycles. The minimum absolute atomic E-state index is 0.0748. The first-order valence-electron chi connectivity index (χ1n) is 3.80. The van der Waals surface area contributed by atoms with Gasteiger partial charge in [0, 0.05) is 0 Å². The van der Waals surface area contributed by atoms with Crippen LogP contribution in [0.15, 0.2) is 12.1 Å². The molecule has 1 aromatic rings. The third-order valence-corrected chi connectivity index (χ3v) is 1.87. The van der Waals surface area contributed by atoms with E-state index in [1.807, 2.05) is 5.48 Å². The Labute approximate surface area is 74.5 Å². The Morgan fingerprint density at radius 1 is 1.38 bits per heavy atom. The number of hydrogen-bond acceptors (Lipinski definition) is 5. The van der Waals surface area contributed by atoms with E-state index in [0.29, 0.717) is 17.1 Å². The van der Waals surface area contributed by atoms with Crippen LogP contribution >= 0.6 is 0 Å². The zero-order chi connectivity index (χ0) is 9.26. The van der Waals surface area contributed by atoms with Crippen molar-refractivity contribution in [2.24, 2.45) is 0 Å². The van der Waals surface area contributed by atoms with Gasteiger partial charge in [0.05, 0.1) is 12.1 Å². The Hall–Kier alpha value is -1.46. The average molecular weight is 183 g/mol. The van der Waals surface area contributed by atoms with Crippen molar-refractivity contribution in [3.63, 3.8) is 0 Å². The molecule has 5 heteroatoms. The summed E-state index contributed by atoms with van der Waals surface area (Å²) in [5.41, 5.74) is 2.46. The normalized spacial score (nSPS) is 13.3. The summed E-state index contributed by atoms with van der Waals surface area (Å²) in [6.07, 6.45) is 0. The summed E-state index contributed by atoms with van der Waals surface area (Å²) in [4.78, 5) is 0. The number of hydrogen-bond donors (Lipinski definition) is 3. The Bertz CT molecular complexity index is 326. The van der Waals surface area contributed by atoms with Crippen molar-refractivity contribution in [2.45, 2.75) is 6.54 Å². The molecule has 0 spiro atoms. The van der Waals surface area contributed by atoms with E-state index in [1.54, 1.807) is 6.07 Å². The van der Waals surface area contributed by atoms with Crippen LogP contribution in [0.25, 0.3) is 0 Å². The summed E-state index contributed by atoms with van der Waals surface area (Å²) < 4.78 is 10.2. The summed E-state index contributed by atoms with van der Waals surface area (Å²) >= 11 is 0. The second-order valence-corrected chi connectivity index (χ2v) is 2.63. The number of phenolic OH excluding ortho intramolecular Hbond substituents is 1. The molecule has 0 fully saturated rings. The first-order valence-corrected chi connectivity index (χ1v) is 3.80. The molecule has 0 unspecified atom stereocenters. The van der Waals surface area contributed by atoms with Crippen molar-refractivity contribution < 1.29 is 19.8 Å². The lowest BCUT2D eigenvalue weighted by molar-refractivity contribution is 0.154. The van der Waals surface area contributed by atoms with Gasteiger partial charge >= 0.3 is 0 Å². The molecular formula is C8H9NO4. The highest BCUT2D eigenvalue weighted by Gasteiger charge is 2.20. The Morgan fingerprint density at radius 2 is 2.23 bits per heavy atom. The van der Waals surface area contributed by atoms with Crippen molar-refractivity contribution in [1.29, 1.82) is 0 Å². The number of phenols is 1. The topological polar surface area (TPSA) is 71.0 Å². The average Bonchev–Trinajstić information content (AvgIpc) is 2.58. The van der Waals surface area contributed by atoms with Gasteiger partial charge in [0.2, 0.25) is 6.79 Å². The minimum atomic E-state index is 0.0748. The van der Waals surface area contributed by atoms with Crippen molar-refractivity contribution in [2.75, 3.05) is 6.79 Å². The smallest absolute Gasteiger partial charge is 0.231 e. The van der Waals surface area contributed by atoms with Gasteiger partial charge < -0.3 is 19.8 Å². The van der Waals surface area contributed by atoms with Gasteiger partial charge in [-0.25, -0.2) is 5.48 Å². The van der Waals surface area contributed by atoms with Gasteiger partial charge in [-0.3, -0.25) is 0 Å². The lowest BCUT2D eigenvalue weighted by Crippen LogP contribution is -2.07. The van der Waals surface area contributed by atoms with Gasteiger partial charge in [0.25, 0.3) is 0 Å². The van der Waals surface area contributed by atoms with E-state index < -0.39 is 0 Å². The van der Waals surface area contributed by atoms with Crippen LogP contribution in [0.5, 0.6) is 17.2 Å². The highest BCUT2D eigenvalue weighted by atomic mass is 16.7. The summed E-state index contributed by atoms with van der Waals surface area (Å²) in [6.45, 7) is 0.273. The van der Waals surface area contributed by atoms with Crippen molar-refractivity contribution >= 4 is 0 Å². The van der Waals surface area contributed by atoms with Gasteiger partial charge in [0.1, 0.15) is 5.75 Å². The van der Waals surface area contributed by atoms with Crippen LogP contribution in [0.3, 0.4) is 0 Å². The summed E-state index contributed by atoms with van der Waals surface area (Å²) in [5.74, 6) is 1.15. The molecule has 0 bridgehead atoms. The molecule has 0 radical (unpaired) electrons. The van der Waals surface area contributed by atoms with E-state index >= 15 is 0 Å². The fourth-order valence-electron chi connectivity index (χ4n) is 1.27. The van der Waals surface area contributed by atoms with Gasteiger partial charge in [-0.05, 0) is 12.1 Å². The molecule has 70 valence electrons. The van der Waals surface area contributed by atoms with Crippen molar-refractivity contribution in [3.8, 4) is 17.2 Å². The Morgan fingerprint density at radius 3 is 3.00 bits per heavy atom. The van der Waals surface area contributed by atoms with Gasteiger partial charge in [-0.2, -0.15) is 0 Å². The number of nitrogens with one attached hydrogen (secondary N) is 1. The van der Waals surface area contributed by atoms with E-state index in [0.717, 1.165) is 0 Å². The third kappa shape index (κ3) is 1.28. The quantitative estimate of drug-likeness (QED) is 0.585. The molecule has 0 saturated carbocycles. The van der Waals surface area contributed by atoms with Crippen molar-refractivity contribution in [3.05, 3.63) is 17.7 Å². The van der Waals surface area contributed by atoms with Crippen molar-refractivity contribution in [1.82, 2.24) is 5.48 Å². The van der Waals surface area contributed by atoms with Crippen LogP contribution < -0.4 is 15.0 Å². The largest absolute Gasteiger partial charge is 0.507 e. The highest BCUT2D eigenvalue weighted by Crippen LogP contribution is 2.39. The van der Waals surface area contributed by atoms with E-state index in [1.165, 1.54) is 6.07 Å². The molecule has 1 aliphatic heterocycles. The molecule has 13 heavy (non-hydrogen) atoms. The predicted octanol–water partition coefficient (Wildman–Crippen LogP) is 0.600. The van der Waals surface area contributed by atoms with Crippen LogP contribution in [0.1, 0.15) is 5.56 Å². The molecule has 0 aromatic heterocycles. The molecule has 1 aromatic carbocycles. The lowest BCUT2D eigenvalue weighted by Gasteiger charge is -2.06. The van der Waals surface area contributed by atoms with Gasteiger partial charge in [-0.1, -0.05) is 0 Å². The number of aromatic hydroxyl groups is 1. The highest BCUT2D eigenvalue weighted by molar-refractivity contribution is 5.54. The molecule has 0 amide bonds. The van der Waals surface area contributed by atoms with Crippen LogP contribution in [0.4, 0.5) is 0 Å². The Balaban J connectivity index is 2.45. The molecule has 5 nitrogen and oxygen atoms in total. The van der Waals surface area contributed by atoms with E-state index in [9.17, 15) is 5.11 Å². The maximum absolute atomic E-state index is 9.42. The maximum atomic E-state index is 9.42. The summed E-state index contributed by atoms with van der Waals surface area (Å²) in [5, 5.41) is 17.9. The van der Waals surface area contributed by atoms with Crippen LogP contribution in [0.2, 0.25) is 0 Å². The number of rotatable bonds is 2. The van der Waals surface area contributed by atoms with E-state index in [2.05, 4.69) is 0 Å². The fraction of sp³-hybridized carbons (Fsp3) is 0.250. The molecule has 0 atom stereocenters. The number of benzene rings is 1. The van der Waals surface area contributed by atoms with Crippen LogP contribution in [-0.4, -0.2) is 17.1 Å². The predicted molar refractivity (Wildman–Crippen MR) is 42.9 cm³/mol. The zero-order valence-corrected chi connectivity index (χ0v) is 6.78. The zero-order valence-electron chi connectivity index (χ0n) is 6.78. The second-order valence-electron chi connectivity index (χ2n) is 2.63. The SMILES string of the molecule is ONCc1c(O)ccc2c1OCO2. The lowest BCUT2D eigenvalue weighted by atomic mass is 10.1. The van der Waals surface area contributed by atoms with Gasteiger partial charge in [-0.15, -0.1) is 0 Å². The number of fused-ring (bicyclic) bond motifs is 1. The first kappa shape index (κ1) is 8.15. The third-order valence-electron chi connectivity index (χ3n) is 1.87. The molecular weight excluding hydrogens is 174 g/mol. The number of ether oxygens (including phenoxy) is 2. The number of hydroxylamine groups is 1. The second kappa shape index (κ2) is 3.12. The standard InChI is InChI=1S/C8H9NO4/c10-6-1-2-7-8(13-4-12-7)5(6)3-9-11/h1-2,9-11H,3-4H2. The summed E-state index contributed by atoms with van der Waals surface area (Å²) in [7, 11) is 0. The van der Waals surface area contributed by atoms with E-state index in [4.69, 9.17) is 14.7 Å². The maximum Gasteiger partial charge on any atom is 0.231 e.